The van der Waals surface area contributed by atoms with Gasteiger partial charge in [0.25, 0.3) is 0 Å². The summed E-state index contributed by atoms with van der Waals surface area (Å²) in [6.07, 6.45) is 34.7. The largest absolute Gasteiger partial charge is 0.472 e. The van der Waals surface area contributed by atoms with Gasteiger partial charge in [-0.25, -0.2) is 4.57 Å². The normalized spacial score (nSPS) is 21.7. The maximum absolute atomic E-state index is 12.8. The second kappa shape index (κ2) is 41.1. The van der Waals surface area contributed by atoms with Crippen LogP contribution in [-0.2, 0) is 32.7 Å². The van der Waals surface area contributed by atoms with Crippen LogP contribution in [0.1, 0.15) is 219 Å². The number of phosphoric acid groups is 1. The standard InChI is InChI=1S/C51H93O13P/c1-3-5-7-9-11-13-15-17-19-21-23-25-27-29-31-33-35-37-39-44(52)61-41-43(42-62-65(59,60)64-51-49(57)47(55)46(54)48(56)50(51)58)63-45(53)40-38-36-34-32-30-28-26-24-22-20-18-16-14-12-10-8-6-4-2/h14,16,19-22,43,46-51,54-58H,3-13,15,17-18,23-42H2,1-2H3,(H,59,60)/b16-14-,21-19-,22-20-. The van der Waals surface area contributed by atoms with Crippen LogP contribution in [0.15, 0.2) is 36.5 Å². The van der Waals surface area contributed by atoms with Gasteiger partial charge in [0.15, 0.2) is 6.10 Å². The molecule has 6 unspecified atom stereocenters. The number of aliphatic hydroxyl groups excluding tert-OH is 5. The van der Waals surface area contributed by atoms with Gasteiger partial charge in [-0.05, 0) is 70.6 Å². The average Bonchev–Trinajstić information content (AvgIpc) is 3.29. The molecule has 0 amide bonds. The molecule has 13 nitrogen and oxygen atoms in total. The Kier molecular flexibility index (Phi) is 38.6. The molecule has 0 spiro atoms. The van der Waals surface area contributed by atoms with Crippen LogP contribution in [-0.4, -0.2) is 98.3 Å². The van der Waals surface area contributed by atoms with Crippen molar-refractivity contribution in [2.45, 2.75) is 262 Å². The highest BCUT2D eigenvalue weighted by molar-refractivity contribution is 7.47. The van der Waals surface area contributed by atoms with Gasteiger partial charge in [0.2, 0.25) is 0 Å². The Morgan fingerprint density at radius 1 is 0.477 bits per heavy atom. The van der Waals surface area contributed by atoms with Crippen LogP contribution < -0.4 is 0 Å². The molecule has 0 aromatic carbocycles. The molecule has 0 bridgehead atoms. The molecule has 6 atom stereocenters. The Bertz CT molecular complexity index is 1280. The van der Waals surface area contributed by atoms with E-state index in [0.717, 1.165) is 83.5 Å². The van der Waals surface area contributed by atoms with E-state index < -0.39 is 75.7 Å². The van der Waals surface area contributed by atoms with E-state index in [9.17, 15) is 44.6 Å². The van der Waals surface area contributed by atoms with Crippen LogP contribution in [0, 0.1) is 0 Å². The minimum Gasteiger partial charge on any atom is -0.462 e. The lowest BCUT2D eigenvalue weighted by molar-refractivity contribution is -0.220. The first-order valence-corrected chi connectivity index (χ1v) is 27.3. The number of hydrogen-bond donors (Lipinski definition) is 6. The Balaban J connectivity index is 2.41. The van der Waals surface area contributed by atoms with Crippen molar-refractivity contribution >= 4 is 19.8 Å². The Morgan fingerprint density at radius 3 is 1.28 bits per heavy atom. The molecule has 0 radical (unpaired) electrons. The van der Waals surface area contributed by atoms with Gasteiger partial charge in [-0.2, -0.15) is 0 Å². The molecule has 1 aliphatic rings. The van der Waals surface area contributed by atoms with Gasteiger partial charge in [-0.15, -0.1) is 0 Å². The van der Waals surface area contributed by atoms with E-state index in [2.05, 4.69) is 50.3 Å². The number of esters is 2. The van der Waals surface area contributed by atoms with Crippen molar-refractivity contribution in [1.29, 1.82) is 0 Å². The minimum absolute atomic E-state index is 0.0876. The zero-order valence-electron chi connectivity index (χ0n) is 40.5. The first kappa shape index (κ1) is 61.1. The number of phosphoric ester groups is 1. The predicted molar refractivity (Wildman–Crippen MR) is 258 cm³/mol. The number of aliphatic hydroxyl groups is 5. The number of hydrogen-bond acceptors (Lipinski definition) is 12. The van der Waals surface area contributed by atoms with Crippen molar-refractivity contribution in [3.05, 3.63) is 36.5 Å². The fourth-order valence-corrected chi connectivity index (χ4v) is 8.76. The number of allylic oxidation sites excluding steroid dienone is 6. The lowest BCUT2D eigenvalue weighted by Crippen LogP contribution is -2.64. The maximum atomic E-state index is 12.8. The van der Waals surface area contributed by atoms with E-state index in [0.29, 0.717) is 12.8 Å². The maximum Gasteiger partial charge on any atom is 0.472 e. The first-order valence-electron chi connectivity index (χ1n) is 25.8. The van der Waals surface area contributed by atoms with Crippen molar-refractivity contribution in [3.63, 3.8) is 0 Å². The summed E-state index contributed by atoms with van der Waals surface area (Å²) in [5.41, 5.74) is 0. The van der Waals surface area contributed by atoms with Crippen molar-refractivity contribution < 1.29 is 63.1 Å². The molecule has 0 heterocycles. The molecule has 0 aromatic rings. The van der Waals surface area contributed by atoms with Gasteiger partial charge in [0, 0.05) is 12.8 Å². The second-order valence-electron chi connectivity index (χ2n) is 18.0. The highest BCUT2D eigenvalue weighted by atomic mass is 31.2. The fourth-order valence-electron chi connectivity index (χ4n) is 7.78. The second-order valence-corrected chi connectivity index (χ2v) is 19.4. The van der Waals surface area contributed by atoms with Gasteiger partial charge in [-0.3, -0.25) is 18.6 Å². The Labute approximate surface area is 393 Å². The van der Waals surface area contributed by atoms with Gasteiger partial charge < -0.3 is 39.9 Å². The number of rotatable bonds is 43. The minimum atomic E-state index is -5.12. The van der Waals surface area contributed by atoms with Crippen LogP contribution in [0.25, 0.3) is 0 Å². The summed E-state index contributed by atoms with van der Waals surface area (Å²) in [4.78, 5) is 35.8. The van der Waals surface area contributed by atoms with E-state index in [4.69, 9.17) is 18.5 Å². The molecule has 65 heavy (non-hydrogen) atoms. The van der Waals surface area contributed by atoms with E-state index in [1.165, 1.54) is 96.3 Å². The first-order chi connectivity index (χ1) is 31.4. The molecule has 380 valence electrons. The van der Waals surface area contributed by atoms with E-state index in [-0.39, 0.29) is 12.8 Å². The topological polar surface area (TPSA) is 210 Å². The molecular weight excluding hydrogens is 852 g/mol. The monoisotopic (exact) mass is 945 g/mol. The molecular formula is C51H93O13P. The molecule has 0 saturated heterocycles. The molecule has 1 aliphatic carbocycles. The third-order valence-corrected chi connectivity index (χ3v) is 12.9. The number of unbranched alkanes of at least 4 members (excludes halogenated alkanes) is 25. The molecule has 6 N–H and O–H groups in total. The van der Waals surface area contributed by atoms with Crippen molar-refractivity contribution in [3.8, 4) is 0 Å². The quantitative estimate of drug-likeness (QED) is 0.0146. The highest BCUT2D eigenvalue weighted by Crippen LogP contribution is 2.47. The smallest absolute Gasteiger partial charge is 0.462 e. The highest BCUT2D eigenvalue weighted by Gasteiger charge is 2.51. The van der Waals surface area contributed by atoms with Crippen molar-refractivity contribution in [2.75, 3.05) is 13.2 Å². The van der Waals surface area contributed by atoms with Crippen LogP contribution in [0.5, 0.6) is 0 Å². The fraction of sp³-hybridized carbons (Fsp3) is 0.843. The molecule has 14 heteroatoms. The van der Waals surface area contributed by atoms with Gasteiger partial charge in [-0.1, -0.05) is 172 Å². The van der Waals surface area contributed by atoms with E-state index in [1.807, 2.05) is 0 Å². The lowest BCUT2D eigenvalue weighted by Gasteiger charge is -2.41. The van der Waals surface area contributed by atoms with Crippen LogP contribution in [0.3, 0.4) is 0 Å². The zero-order chi connectivity index (χ0) is 47.8. The summed E-state index contributed by atoms with van der Waals surface area (Å²) >= 11 is 0. The van der Waals surface area contributed by atoms with Gasteiger partial charge in [0.1, 0.15) is 43.2 Å². The summed E-state index contributed by atoms with van der Waals surface area (Å²) in [6.45, 7) is 3.30. The molecule has 1 rings (SSSR count). The Hall–Kier alpha value is -1.93. The summed E-state index contributed by atoms with van der Waals surface area (Å²) in [6, 6.07) is 0. The van der Waals surface area contributed by atoms with Crippen LogP contribution >= 0.6 is 7.82 Å². The van der Waals surface area contributed by atoms with Crippen LogP contribution in [0.4, 0.5) is 0 Å². The van der Waals surface area contributed by atoms with Crippen molar-refractivity contribution in [2.24, 2.45) is 0 Å². The van der Waals surface area contributed by atoms with E-state index in [1.54, 1.807) is 0 Å². The molecule has 0 aliphatic heterocycles. The summed E-state index contributed by atoms with van der Waals surface area (Å²) in [5.74, 6) is -1.11. The number of ether oxygens (including phenoxy) is 2. The SMILES string of the molecule is CCCCCC/C=C\C/C=C\CCCCCCCCCC(=O)OC(COC(=O)CCCCCCCCC/C=C\CCCCCCCCC)COP(=O)(O)OC1C(O)C(O)C(O)C(O)C1O. The third kappa shape index (κ3) is 33.3. The number of carbonyl (C=O) groups excluding carboxylic acids is 2. The third-order valence-electron chi connectivity index (χ3n) is 12.0. The molecule has 1 saturated carbocycles. The molecule has 1 fully saturated rings. The average molecular weight is 945 g/mol. The Morgan fingerprint density at radius 2 is 0.831 bits per heavy atom. The summed E-state index contributed by atoms with van der Waals surface area (Å²) in [7, 11) is -5.12. The number of carbonyl (C=O) groups is 2. The van der Waals surface area contributed by atoms with Gasteiger partial charge in [0.05, 0.1) is 6.61 Å². The summed E-state index contributed by atoms with van der Waals surface area (Å²) in [5, 5.41) is 50.3. The molecule has 0 aromatic heterocycles. The zero-order valence-corrected chi connectivity index (χ0v) is 41.4. The van der Waals surface area contributed by atoms with Crippen molar-refractivity contribution in [1.82, 2.24) is 0 Å². The van der Waals surface area contributed by atoms with Crippen LogP contribution in [0.2, 0.25) is 0 Å². The predicted octanol–water partition coefficient (Wildman–Crippen LogP) is 11.0. The van der Waals surface area contributed by atoms with E-state index >= 15 is 0 Å². The van der Waals surface area contributed by atoms with Gasteiger partial charge >= 0.3 is 19.8 Å². The lowest BCUT2D eigenvalue weighted by atomic mass is 9.85. The summed E-state index contributed by atoms with van der Waals surface area (Å²) < 4.78 is 33.6.